The summed E-state index contributed by atoms with van der Waals surface area (Å²) in [4.78, 5) is 20.5. The van der Waals surface area contributed by atoms with E-state index in [-0.39, 0.29) is 5.56 Å². The Morgan fingerprint density at radius 1 is 1.30 bits per heavy atom. The van der Waals surface area contributed by atoms with E-state index < -0.39 is 11.8 Å². The molecule has 0 bridgehead atoms. The summed E-state index contributed by atoms with van der Waals surface area (Å²) in [5.41, 5.74) is 1.19. The number of carbonyl (C=O) groups excluding carboxylic acids is 1. The second kappa shape index (κ2) is 6.64. The topological polar surface area (TPSA) is 45.7 Å². The van der Waals surface area contributed by atoms with Gasteiger partial charge >= 0.3 is 5.97 Å². The van der Waals surface area contributed by atoms with Crippen molar-refractivity contribution in [2.45, 2.75) is 0 Å². The van der Waals surface area contributed by atoms with E-state index >= 15 is 0 Å². The summed E-state index contributed by atoms with van der Waals surface area (Å²) < 4.78 is 18.9. The highest BCUT2D eigenvalue weighted by Crippen LogP contribution is 2.30. The molecule has 1 aromatic carbocycles. The number of hydrogen-bond donors (Lipinski definition) is 0. The maximum atomic E-state index is 14.3. The van der Waals surface area contributed by atoms with Crippen LogP contribution in [0.15, 0.2) is 23.6 Å². The van der Waals surface area contributed by atoms with Crippen molar-refractivity contribution >= 4 is 22.4 Å². The van der Waals surface area contributed by atoms with Gasteiger partial charge in [0.15, 0.2) is 5.13 Å². The van der Waals surface area contributed by atoms with Crippen LogP contribution < -0.4 is 4.90 Å². The Balaban J connectivity index is 1.81. The number of anilines is 1. The molecule has 1 fully saturated rings. The van der Waals surface area contributed by atoms with Crippen molar-refractivity contribution in [2.24, 2.45) is 0 Å². The highest BCUT2D eigenvalue weighted by atomic mass is 32.1. The minimum Gasteiger partial charge on any atom is -0.465 e. The highest BCUT2D eigenvalue weighted by molar-refractivity contribution is 7.14. The molecule has 0 saturated carbocycles. The lowest BCUT2D eigenvalue weighted by Crippen LogP contribution is -2.44. The Labute approximate surface area is 138 Å². The second-order valence-electron chi connectivity index (χ2n) is 5.49. The molecule has 0 spiro atoms. The fourth-order valence-corrected chi connectivity index (χ4v) is 3.38. The van der Waals surface area contributed by atoms with Gasteiger partial charge in [0.25, 0.3) is 0 Å². The van der Waals surface area contributed by atoms with Gasteiger partial charge in [-0.2, -0.15) is 0 Å². The molecule has 122 valence electrons. The zero-order valence-electron chi connectivity index (χ0n) is 13.1. The number of rotatable bonds is 3. The number of ether oxygens (including phenoxy) is 1. The molecule has 1 aromatic heterocycles. The lowest BCUT2D eigenvalue weighted by atomic mass is 10.1. The summed E-state index contributed by atoms with van der Waals surface area (Å²) >= 11 is 1.51. The molecule has 2 heterocycles. The first-order valence-electron chi connectivity index (χ1n) is 7.35. The first-order valence-corrected chi connectivity index (χ1v) is 8.23. The second-order valence-corrected chi connectivity index (χ2v) is 6.33. The van der Waals surface area contributed by atoms with E-state index in [1.807, 2.05) is 5.38 Å². The fraction of sp³-hybridized carbons (Fsp3) is 0.375. The molecule has 2 aromatic rings. The number of esters is 1. The average Bonchev–Trinajstić information content (AvgIpc) is 3.04. The number of hydrogen-bond acceptors (Lipinski definition) is 6. The van der Waals surface area contributed by atoms with Crippen molar-refractivity contribution in [1.82, 2.24) is 9.88 Å². The van der Waals surface area contributed by atoms with E-state index in [4.69, 9.17) is 0 Å². The molecular weight excluding hydrogens is 317 g/mol. The molecule has 0 atom stereocenters. The summed E-state index contributed by atoms with van der Waals surface area (Å²) in [6.07, 6.45) is 0. The van der Waals surface area contributed by atoms with Crippen LogP contribution in [0.3, 0.4) is 0 Å². The zero-order chi connectivity index (χ0) is 16.4. The maximum absolute atomic E-state index is 14.3. The lowest BCUT2D eigenvalue weighted by molar-refractivity contribution is 0.0600. The van der Waals surface area contributed by atoms with Crippen LogP contribution in [0.2, 0.25) is 0 Å². The zero-order valence-corrected chi connectivity index (χ0v) is 13.9. The third-order valence-corrected chi connectivity index (χ3v) is 4.83. The van der Waals surface area contributed by atoms with Gasteiger partial charge in [0.1, 0.15) is 5.82 Å². The third kappa shape index (κ3) is 3.35. The van der Waals surface area contributed by atoms with Crippen LogP contribution in [0, 0.1) is 5.82 Å². The molecule has 1 aliphatic heterocycles. The van der Waals surface area contributed by atoms with Gasteiger partial charge in [-0.1, -0.05) is 0 Å². The summed E-state index contributed by atoms with van der Waals surface area (Å²) in [7, 11) is 3.37. The summed E-state index contributed by atoms with van der Waals surface area (Å²) in [5, 5.41) is 2.76. The molecule has 0 N–H and O–H groups in total. The summed E-state index contributed by atoms with van der Waals surface area (Å²) in [6.45, 7) is 3.84. The monoisotopic (exact) mass is 335 g/mol. The Kier molecular flexibility index (Phi) is 4.58. The number of piperazine rings is 1. The molecule has 0 amide bonds. The molecule has 0 radical (unpaired) electrons. The number of methoxy groups -OCH3 is 1. The van der Waals surface area contributed by atoms with Gasteiger partial charge in [0, 0.05) is 37.1 Å². The minimum absolute atomic E-state index is 0.197. The number of benzene rings is 1. The summed E-state index contributed by atoms with van der Waals surface area (Å²) in [5.74, 6) is -1.02. The third-order valence-electron chi connectivity index (χ3n) is 3.93. The van der Waals surface area contributed by atoms with Gasteiger partial charge in [-0.25, -0.2) is 14.2 Å². The SMILES string of the molecule is COC(=O)c1ccc(-c2csc(N3CCN(C)CC3)n2)c(F)c1. The molecular formula is C16H18FN3O2S. The van der Waals surface area contributed by atoms with Crippen molar-refractivity contribution in [3.05, 3.63) is 35.0 Å². The van der Waals surface area contributed by atoms with Crippen molar-refractivity contribution in [2.75, 3.05) is 45.2 Å². The Hall–Kier alpha value is -1.99. The van der Waals surface area contributed by atoms with E-state index in [1.165, 1.54) is 24.5 Å². The molecule has 3 rings (SSSR count). The van der Waals surface area contributed by atoms with Crippen LogP contribution in [0.4, 0.5) is 9.52 Å². The summed E-state index contributed by atoms with van der Waals surface area (Å²) in [6, 6.07) is 4.32. The molecule has 1 aliphatic rings. The van der Waals surface area contributed by atoms with Crippen LogP contribution in [-0.2, 0) is 4.74 Å². The maximum Gasteiger partial charge on any atom is 0.337 e. The van der Waals surface area contributed by atoms with Gasteiger partial charge in [-0.3, -0.25) is 0 Å². The van der Waals surface area contributed by atoms with Gasteiger partial charge in [0.05, 0.1) is 18.4 Å². The fourth-order valence-electron chi connectivity index (χ4n) is 2.50. The van der Waals surface area contributed by atoms with Gasteiger partial charge < -0.3 is 14.5 Å². The Bertz CT molecular complexity index is 711. The Morgan fingerprint density at radius 2 is 2.04 bits per heavy atom. The van der Waals surface area contributed by atoms with Gasteiger partial charge in [-0.05, 0) is 25.2 Å². The van der Waals surface area contributed by atoms with Crippen molar-refractivity contribution < 1.29 is 13.9 Å². The largest absolute Gasteiger partial charge is 0.465 e. The van der Waals surface area contributed by atoms with E-state index in [0.29, 0.717) is 11.3 Å². The predicted molar refractivity (Wildman–Crippen MR) is 88.6 cm³/mol. The molecule has 5 nitrogen and oxygen atoms in total. The van der Waals surface area contributed by atoms with E-state index in [9.17, 15) is 9.18 Å². The van der Waals surface area contributed by atoms with Crippen LogP contribution in [-0.4, -0.2) is 56.2 Å². The van der Waals surface area contributed by atoms with Gasteiger partial charge in [-0.15, -0.1) is 11.3 Å². The van der Waals surface area contributed by atoms with Crippen molar-refractivity contribution in [1.29, 1.82) is 0 Å². The van der Waals surface area contributed by atoms with Crippen LogP contribution in [0.5, 0.6) is 0 Å². The van der Waals surface area contributed by atoms with E-state index in [1.54, 1.807) is 12.1 Å². The highest BCUT2D eigenvalue weighted by Gasteiger charge is 2.19. The molecule has 23 heavy (non-hydrogen) atoms. The number of carbonyl (C=O) groups is 1. The first kappa shape index (κ1) is 15.9. The van der Waals surface area contributed by atoms with Crippen LogP contribution in [0.1, 0.15) is 10.4 Å². The number of nitrogens with zero attached hydrogens (tertiary/aromatic N) is 3. The molecule has 7 heteroatoms. The standard InChI is InChI=1S/C16H18FN3O2S/c1-19-5-7-20(8-6-19)16-18-14(10-23-16)12-4-3-11(9-13(12)17)15(21)22-2/h3-4,9-10H,5-8H2,1-2H3. The quantitative estimate of drug-likeness (QED) is 0.807. The number of thiazole rings is 1. The van der Waals surface area contributed by atoms with E-state index in [0.717, 1.165) is 31.3 Å². The average molecular weight is 335 g/mol. The first-order chi connectivity index (χ1) is 11.1. The van der Waals surface area contributed by atoms with Crippen molar-refractivity contribution in [3.8, 4) is 11.3 Å². The van der Waals surface area contributed by atoms with Crippen molar-refractivity contribution in [3.63, 3.8) is 0 Å². The van der Waals surface area contributed by atoms with Crippen LogP contribution >= 0.6 is 11.3 Å². The van der Waals surface area contributed by atoms with Gasteiger partial charge in [0.2, 0.25) is 0 Å². The molecule has 1 saturated heterocycles. The van der Waals surface area contributed by atoms with Crippen LogP contribution in [0.25, 0.3) is 11.3 Å². The smallest absolute Gasteiger partial charge is 0.337 e. The van der Waals surface area contributed by atoms with E-state index in [2.05, 4.69) is 26.6 Å². The molecule has 0 unspecified atom stereocenters. The minimum atomic E-state index is -0.549. The Morgan fingerprint density at radius 3 is 2.70 bits per heavy atom. The number of aromatic nitrogens is 1. The normalized spacial score (nSPS) is 15.7. The number of halogens is 1. The lowest BCUT2D eigenvalue weighted by Gasteiger charge is -2.32. The predicted octanol–water partition coefficient (Wildman–Crippen LogP) is 2.49. The molecule has 0 aliphatic carbocycles. The number of likely N-dealkylation sites (N-methyl/N-ethyl adjacent to an activating group) is 1.